The molecule has 0 bridgehead atoms. The number of nitriles is 1. The number of halogens is 5. The Bertz CT molecular complexity index is 548. The number of hydrogen-bond acceptors (Lipinski definition) is 4. The van der Waals surface area contributed by atoms with E-state index in [0.717, 1.165) is 7.11 Å². The molecule has 0 aliphatic rings. The maximum absolute atomic E-state index is 12.7. The van der Waals surface area contributed by atoms with Gasteiger partial charge in [-0.15, -0.1) is 0 Å². The highest BCUT2D eigenvalue weighted by Gasteiger charge is 2.39. The molecule has 0 aliphatic heterocycles. The number of pyridine rings is 1. The third-order valence-corrected chi connectivity index (χ3v) is 2.08. The van der Waals surface area contributed by atoms with Crippen LogP contribution in [0.4, 0.5) is 22.0 Å². The quantitative estimate of drug-likeness (QED) is 0.617. The van der Waals surface area contributed by atoms with Gasteiger partial charge in [0.1, 0.15) is 11.8 Å². The van der Waals surface area contributed by atoms with Gasteiger partial charge in [0, 0.05) is 0 Å². The van der Waals surface area contributed by atoms with Crippen LogP contribution < -0.4 is 0 Å². The lowest BCUT2D eigenvalue weighted by Crippen LogP contribution is -2.18. The summed E-state index contributed by atoms with van der Waals surface area (Å²) < 4.78 is 67.5. The average molecular weight is 280 g/mol. The fourth-order valence-corrected chi connectivity index (χ4v) is 1.32. The van der Waals surface area contributed by atoms with Gasteiger partial charge >= 0.3 is 12.1 Å². The van der Waals surface area contributed by atoms with Crippen LogP contribution in [0.5, 0.6) is 0 Å². The van der Waals surface area contributed by atoms with Crippen LogP contribution >= 0.6 is 0 Å². The minimum atomic E-state index is -5.15. The SMILES string of the molecule is COC(=O)c1nc(C#N)cc(C(F)(F)F)c1C(F)F. The lowest BCUT2D eigenvalue weighted by molar-refractivity contribution is -0.139. The first-order valence-corrected chi connectivity index (χ1v) is 4.61. The summed E-state index contributed by atoms with van der Waals surface area (Å²) in [6, 6.07) is 1.42. The van der Waals surface area contributed by atoms with Crippen molar-refractivity contribution in [2.45, 2.75) is 12.6 Å². The Morgan fingerprint density at radius 1 is 1.47 bits per heavy atom. The summed E-state index contributed by atoms with van der Waals surface area (Å²) in [6.45, 7) is 0. The molecule has 4 nitrogen and oxygen atoms in total. The molecule has 0 aliphatic carbocycles. The van der Waals surface area contributed by atoms with Gasteiger partial charge in [0.05, 0.1) is 18.2 Å². The molecule has 19 heavy (non-hydrogen) atoms. The molecular formula is C10H5F5N2O2. The lowest BCUT2D eigenvalue weighted by atomic mass is 10.0. The van der Waals surface area contributed by atoms with Crippen molar-refractivity contribution in [3.05, 3.63) is 28.6 Å². The fourth-order valence-electron chi connectivity index (χ4n) is 1.32. The van der Waals surface area contributed by atoms with E-state index in [0.29, 0.717) is 0 Å². The van der Waals surface area contributed by atoms with Crippen molar-refractivity contribution in [3.8, 4) is 6.07 Å². The molecule has 1 aromatic rings. The van der Waals surface area contributed by atoms with Crippen LogP contribution in [0.2, 0.25) is 0 Å². The first-order valence-electron chi connectivity index (χ1n) is 4.61. The van der Waals surface area contributed by atoms with Crippen molar-refractivity contribution in [2.75, 3.05) is 7.11 Å². The predicted molar refractivity (Wildman–Crippen MR) is 50.3 cm³/mol. The number of esters is 1. The van der Waals surface area contributed by atoms with E-state index in [9.17, 15) is 26.7 Å². The average Bonchev–Trinajstić information content (AvgIpc) is 2.34. The van der Waals surface area contributed by atoms with Gasteiger partial charge in [-0.25, -0.2) is 18.6 Å². The third-order valence-electron chi connectivity index (χ3n) is 2.08. The van der Waals surface area contributed by atoms with E-state index < -0.39 is 41.1 Å². The normalized spacial score (nSPS) is 11.3. The highest BCUT2D eigenvalue weighted by molar-refractivity contribution is 5.89. The second-order valence-electron chi connectivity index (χ2n) is 3.22. The molecule has 102 valence electrons. The number of aromatic nitrogens is 1. The Balaban J connectivity index is 3.71. The van der Waals surface area contributed by atoms with Gasteiger partial charge in [0.25, 0.3) is 6.43 Å². The number of ether oxygens (including phenoxy) is 1. The molecule has 1 aromatic heterocycles. The Kier molecular flexibility index (Phi) is 4.04. The summed E-state index contributed by atoms with van der Waals surface area (Å²) in [7, 11) is 0.797. The zero-order chi connectivity index (χ0) is 14.8. The topological polar surface area (TPSA) is 63.0 Å². The summed E-state index contributed by atoms with van der Waals surface area (Å²) in [6.07, 6.45) is -8.74. The predicted octanol–water partition coefficient (Wildman–Crippen LogP) is 2.70. The van der Waals surface area contributed by atoms with Gasteiger partial charge in [-0.1, -0.05) is 0 Å². The van der Waals surface area contributed by atoms with Gasteiger partial charge in [0.15, 0.2) is 5.69 Å². The number of alkyl halides is 5. The van der Waals surface area contributed by atoms with Crippen LogP contribution in [0.3, 0.4) is 0 Å². The molecule has 0 spiro atoms. The van der Waals surface area contributed by atoms with E-state index >= 15 is 0 Å². The summed E-state index contributed by atoms with van der Waals surface area (Å²) in [5, 5.41) is 8.52. The second kappa shape index (κ2) is 5.17. The van der Waals surface area contributed by atoms with E-state index in [1.165, 1.54) is 6.07 Å². The molecule has 1 rings (SSSR count). The molecular weight excluding hydrogens is 275 g/mol. The van der Waals surface area contributed by atoms with Crippen LogP contribution in [0.25, 0.3) is 0 Å². The van der Waals surface area contributed by atoms with E-state index in [1.54, 1.807) is 0 Å². The molecule has 0 N–H and O–H groups in total. The number of rotatable bonds is 2. The first-order chi connectivity index (χ1) is 8.72. The van der Waals surface area contributed by atoms with Gasteiger partial charge in [-0.05, 0) is 6.07 Å². The van der Waals surface area contributed by atoms with E-state index in [-0.39, 0.29) is 6.07 Å². The van der Waals surface area contributed by atoms with E-state index in [1.807, 2.05) is 0 Å². The number of carbonyl (C=O) groups is 1. The standard InChI is InChI=1S/C10H5F5N2O2/c1-19-9(18)7-6(8(11)12)5(10(13,14)15)2-4(3-16)17-7/h2,8H,1H3. The molecule has 0 saturated heterocycles. The van der Waals surface area contributed by atoms with Crippen molar-refractivity contribution in [2.24, 2.45) is 0 Å². The second-order valence-corrected chi connectivity index (χ2v) is 3.22. The smallest absolute Gasteiger partial charge is 0.417 e. The number of nitrogens with zero attached hydrogens (tertiary/aromatic N) is 2. The number of hydrogen-bond donors (Lipinski definition) is 0. The molecule has 0 unspecified atom stereocenters. The highest BCUT2D eigenvalue weighted by atomic mass is 19.4. The Labute approximate surface area is 103 Å². The Hall–Kier alpha value is -2.24. The highest BCUT2D eigenvalue weighted by Crippen LogP contribution is 2.38. The Morgan fingerprint density at radius 3 is 2.42 bits per heavy atom. The monoisotopic (exact) mass is 280 g/mol. The number of carbonyl (C=O) groups excluding carboxylic acids is 1. The summed E-state index contributed by atoms with van der Waals surface area (Å²) >= 11 is 0. The molecule has 0 radical (unpaired) electrons. The molecule has 0 atom stereocenters. The van der Waals surface area contributed by atoms with Crippen LogP contribution in [0.15, 0.2) is 6.07 Å². The van der Waals surface area contributed by atoms with Crippen LogP contribution in [-0.4, -0.2) is 18.1 Å². The molecule has 0 fully saturated rings. The van der Waals surface area contributed by atoms with Crippen LogP contribution in [-0.2, 0) is 10.9 Å². The zero-order valence-electron chi connectivity index (χ0n) is 9.26. The minimum absolute atomic E-state index is 0.161. The Morgan fingerprint density at radius 2 is 2.05 bits per heavy atom. The van der Waals surface area contributed by atoms with Gasteiger partial charge in [-0.3, -0.25) is 0 Å². The third kappa shape index (κ3) is 2.96. The van der Waals surface area contributed by atoms with E-state index in [4.69, 9.17) is 5.26 Å². The molecule has 9 heteroatoms. The summed E-state index contributed by atoms with van der Waals surface area (Å²) in [4.78, 5) is 14.3. The summed E-state index contributed by atoms with van der Waals surface area (Å²) in [5.41, 5.74) is -5.41. The molecule has 0 saturated carbocycles. The van der Waals surface area contributed by atoms with Gasteiger partial charge in [-0.2, -0.15) is 18.4 Å². The molecule has 0 aromatic carbocycles. The van der Waals surface area contributed by atoms with Crippen molar-refractivity contribution >= 4 is 5.97 Å². The first kappa shape index (κ1) is 14.8. The largest absolute Gasteiger partial charge is 0.464 e. The van der Waals surface area contributed by atoms with Crippen molar-refractivity contribution in [1.82, 2.24) is 4.98 Å². The number of methoxy groups -OCH3 is 1. The van der Waals surface area contributed by atoms with Crippen molar-refractivity contribution in [3.63, 3.8) is 0 Å². The minimum Gasteiger partial charge on any atom is -0.464 e. The van der Waals surface area contributed by atoms with Gasteiger partial charge < -0.3 is 4.74 Å². The molecule has 1 heterocycles. The van der Waals surface area contributed by atoms with E-state index in [2.05, 4.69) is 9.72 Å². The van der Waals surface area contributed by atoms with Crippen LogP contribution in [0.1, 0.15) is 33.7 Å². The summed E-state index contributed by atoms with van der Waals surface area (Å²) in [5.74, 6) is -1.47. The maximum atomic E-state index is 12.7. The van der Waals surface area contributed by atoms with Crippen molar-refractivity contribution < 1.29 is 31.5 Å². The van der Waals surface area contributed by atoms with Gasteiger partial charge in [0.2, 0.25) is 0 Å². The maximum Gasteiger partial charge on any atom is 0.417 e. The van der Waals surface area contributed by atoms with Crippen molar-refractivity contribution in [1.29, 1.82) is 5.26 Å². The lowest BCUT2D eigenvalue weighted by Gasteiger charge is -2.15. The fraction of sp³-hybridized carbons (Fsp3) is 0.300. The van der Waals surface area contributed by atoms with Crippen LogP contribution in [0, 0.1) is 11.3 Å². The zero-order valence-corrected chi connectivity index (χ0v) is 9.26. The molecule has 0 amide bonds.